The molecule has 5 heteroatoms. The van der Waals surface area contributed by atoms with Gasteiger partial charge in [-0.15, -0.1) is 0 Å². The topological polar surface area (TPSA) is 56.8 Å². The summed E-state index contributed by atoms with van der Waals surface area (Å²) in [6, 6.07) is 12.1. The molecule has 6 rings (SSSR count). The van der Waals surface area contributed by atoms with Gasteiger partial charge in [-0.2, -0.15) is 0 Å². The molecule has 3 aromatic carbocycles. The normalized spacial score (nSPS) is 16.4. The third-order valence-electron chi connectivity index (χ3n) is 5.40. The predicted octanol–water partition coefficient (Wildman–Crippen LogP) is 3.41. The monoisotopic (exact) mass is 345 g/mol. The summed E-state index contributed by atoms with van der Waals surface area (Å²) in [5.74, 6) is 2.41. The Morgan fingerprint density at radius 1 is 0.962 bits per heavy atom. The van der Waals surface area contributed by atoms with Crippen molar-refractivity contribution >= 4 is 16.7 Å². The van der Waals surface area contributed by atoms with Crippen molar-refractivity contribution in [3.8, 4) is 28.4 Å². The summed E-state index contributed by atoms with van der Waals surface area (Å²) in [5.41, 5.74) is 5.04. The number of carbonyl (C=O) groups excluding carboxylic acids is 1. The molecule has 0 atom stereocenters. The summed E-state index contributed by atoms with van der Waals surface area (Å²) in [7, 11) is 0. The maximum Gasteiger partial charge on any atom is 0.251 e. The summed E-state index contributed by atoms with van der Waals surface area (Å²) in [6.07, 6.45) is 0.917. The Morgan fingerprint density at radius 3 is 2.85 bits per heavy atom. The summed E-state index contributed by atoms with van der Waals surface area (Å²) < 4.78 is 17.0. The second kappa shape index (κ2) is 4.91. The van der Waals surface area contributed by atoms with Gasteiger partial charge in [-0.05, 0) is 45.8 Å². The zero-order chi connectivity index (χ0) is 17.3. The number of rotatable bonds is 1. The van der Waals surface area contributed by atoms with Crippen LogP contribution in [0.25, 0.3) is 21.9 Å². The minimum atomic E-state index is -0.0229. The van der Waals surface area contributed by atoms with Gasteiger partial charge in [0.05, 0.1) is 6.61 Å². The molecular formula is C21H15NO4. The van der Waals surface area contributed by atoms with Crippen LogP contribution in [0.5, 0.6) is 17.2 Å². The van der Waals surface area contributed by atoms with Crippen LogP contribution in [0.4, 0.5) is 0 Å². The quantitative estimate of drug-likeness (QED) is 0.734. The Labute approximate surface area is 149 Å². The van der Waals surface area contributed by atoms with Crippen LogP contribution in [0.2, 0.25) is 0 Å². The van der Waals surface area contributed by atoms with Gasteiger partial charge in [-0.1, -0.05) is 18.2 Å². The van der Waals surface area contributed by atoms with Crippen molar-refractivity contribution < 1.29 is 19.0 Å². The number of amides is 1. The van der Waals surface area contributed by atoms with Gasteiger partial charge in [-0.3, -0.25) is 4.79 Å². The molecule has 3 aliphatic rings. The van der Waals surface area contributed by atoms with Crippen LogP contribution in [0.3, 0.4) is 0 Å². The molecule has 26 heavy (non-hydrogen) atoms. The van der Waals surface area contributed by atoms with E-state index in [1.54, 1.807) is 0 Å². The number of fused-ring (bicyclic) bond motifs is 5. The van der Waals surface area contributed by atoms with Crippen LogP contribution >= 0.6 is 0 Å². The van der Waals surface area contributed by atoms with E-state index in [1.807, 2.05) is 24.3 Å². The van der Waals surface area contributed by atoms with Gasteiger partial charge >= 0.3 is 0 Å². The van der Waals surface area contributed by atoms with Gasteiger partial charge < -0.3 is 19.5 Å². The lowest BCUT2D eigenvalue weighted by molar-refractivity contribution is 0.0966. The number of nitrogens with one attached hydrogen (secondary N) is 1. The molecule has 3 heterocycles. The Kier molecular flexibility index (Phi) is 2.65. The van der Waals surface area contributed by atoms with Crippen molar-refractivity contribution in [2.75, 3.05) is 13.4 Å². The second-order valence-electron chi connectivity index (χ2n) is 6.78. The molecule has 0 saturated carbocycles. The van der Waals surface area contributed by atoms with Crippen molar-refractivity contribution in [3.63, 3.8) is 0 Å². The maximum atomic E-state index is 12.3. The first-order valence-corrected chi connectivity index (χ1v) is 8.72. The molecule has 5 nitrogen and oxygen atoms in total. The van der Waals surface area contributed by atoms with Crippen molar-refractivity contribution in [2.45, 2.75) is 13.0 Å². The van der Waals surface area contributed by atoms with E-state index in [9.17, 15) is 4.79 Å². The Bertz CT molecular complexity index is 1120. The molecule has 0 unspecified atom stereocenters. The highest BCUT2D eigenvalue weighted by Crippen LogP contribution is 2.46. The second-order valence-corrected chi connectivity index (χ2v) is 6.78. The molecule has 0 spiro atoms. The van der Waals surface area contributed by atoms with E-state index >= 15 is 0 Å². The Morgan fingerprint density at radius 2 is 1.88 bits per heavy atom. The first-order valence-electron chi connectivity index (χ1n) is 8.72. The zero-order valence-electron chi connectivity index (χ0n) is 13.9. The van der Waals surface area contributed by atoms with E-state index in [-0.39, 0.29) is 12.7 Å². The van der Waals surface area contributed by atoms with Gasteiger partial charge in [0.15, 0.2) is 11.5 Å². The van der Waals surface area contributed by atoms with Crippen LogP contribution in [0, 0.1) is 0 Å². The molecule has 0 saturated heterocycles. The lowest BCUT2D eigenvalue weighted by atomic mass is 9.89. The molecule has 0 aliphatic carbocycles. The average Bonchev–Trinajstić information content (AvgIpc) is 3.39. The van der Waals surface area contributed by atoms with E-state index in [4.69, 9.17) is 14.2 Å². The van der Waals surface area contributed by atoms with Crippen molar-refractivity contribution in [2.24, 2.45) is 0 Å². The van der Waals surface area contributed by atoms with Crippen LogP contribution < -0.4 is 19.5 Å². The van der Waals surface area contributed by atoms with Crippen LogP contribution in [0.1, 0.15) is 21.5 Å². The summed E-state index contributed by atoms with van der Waals surface area (Å²) in [6.45, 7) is 1.46. The molecule has 3 aliphatic heterocycles. The molecule has 0 radical (unpaired) electrons. The Hall–Kier alpha value is -3.21. The SMILES string of the molecule is O=C1NCc2c1cc1ccc3c(c1c2-c1ccc2c(c1)OCO2)OCC3. The molecule has 0 aromatic heterocycles. The van der Waals surface area contributed by atoms with E-state index < -0.39 is 0 Å². The lowest BCUT2D eigenvalue weighted by Crippen LogP contribution is -2.12. The molecule has 0 fully saturated rings. The number of carbonyl (C=O) groups is 1. The largest absolute Gasteiger partial charge is 0.492 e. The molecule has 1 amide bonds. The van der Waals surface area contributed by atoms with Crippen LogP contribution in [0.15, 0.2) is 36.4 Å². The van der Waals surface area contributed by atoms with Gasteiger partial charge in [0.2, 0.25) is 6.79 Å². The first-order chi connectivity index (χ1) is 12.8. The van der Waals surface area contributed by atoms with Crippen molar-refractivity contribution in [1.82, 2.24) is 5.32 Å². The third kappa shape index (κ3) is 1.77. The fraction of sp³-hybridized carbons (Fsp3) is 0.190. The van der Waals surface area contributed by atoms with Crippen molar-refractivity contribution in [1.29, 1.82) is 0 Å². The molecular weight excluding hydrogens is 330 g/mol. The highest BCUT2D eigenvalue weighted by atomic mass is 16.7. The number of ether oxygens (including phenoxy) is 3. The fourth-order valence-corrected chi connectivity index (χ4v) is 4.19. The van der Waals surface area contributed by atoms with Gasteiger partial charge in [-0.25, -0.2) is 0 Å². The molecule has 1 N–H and O–H groups in total. The summed E-state index contributed by atoms with van der Waals surface area (Å²) in [4.78, 5) is 12.3. The number of hydrogen-bond acceptors (Lipinski definition) is 4. The van der Waals surface area contributed by atoms with E-state index in [1.165, 1.54) is 5.56 Å². The van der Waals surface area contributed by atoms with Crippen LogP contribution in [-0.2, 0) is 13.0 Å². The molecule has 128 valence electrons. The maximum absolute atomic E-state index is 12.3. The first kappa shape index (κ1) is 14.0. The van der Waals surface area contributed by atoms with Gasteiger partial charge in [0.25, 0.3) is 5.91 Å². The van der Waals surface area contributed by atoms with Gasteiger partial charge in [0.1, 0.15) is 5.75 Å². The number of hydrogen-bond donors (Lipinski definition) is 1. The van der Waals surface area contributed by atoms with E-state index in [2.05, 4.69) is 17.4 Å². The zero-order valence-corrected chi connectivity index (χ0v) is 13.9. The highest BCUT2D eigenvalue weighted by Gasteiger charge is 2.28. The molecule has 3 aromatic rings. The third-order valence-corrected chi connectivity index (χ3v) is 5.40. The van der Waals surface area contributed by atoms with Gasteiger partial charge in [0, 0.05) is 23.9 Å². The van der Waals surface area contributed by atoms with E-state index in [0.717, 1.165) is 56.7 Å². The average molecular weight is 345 g/mol. The molecule has 0 bridgehead atoms. The minimum absolute atomic E-state index is 0.0229. The highest BCUT2D eigenvalue weighted by molar-refractivity contribution is 6.11. The number of benzene rings is 3. The predicted molar refractivity (Wildman–Crippen MR) is 95.9 cm³/mol. The summed E-state index contributed by atoms with van der Waals surface area (Å²) in [5, 5.41) is 5.05. The standard InChI is InChI=1S/C21H15NO4/c23-21-14-7-12-2-1-11-5-6-24-20(11)19(12)18(15(14)9-22-21)13-3-4-16-17(8-13)26-10-25-16/h1-4,7-8H,5-6,9-10H2,(H,22,23). The minimum Gasteiger partial charge on any atom is -0.492 e. The smallest absolute Gasteiger partial charge is 0.251 e. The van der Waals surface area contributed by atoms with Crippen molar-refractivity contribution in [3.05, 3.63) is 53.1 Å². The van der Waals surface area contributed by atoms with E-state index in [0.29, 0.717) is 13.2 Å². The Balaban J connectivity index is 1.73. The lowest BCUT2D eigenvalue weighted by Gasteiger charge is -2.15. The summed E-state index contributed by atoms with van der Waals surface area (Å²) >= 11 is 0. The fourth-order valence-electron chi connectivity index (χ4n) is 4.19. The van der Waals surface area contributed by atoms with Crippen LogP contribution in [-0.4, -0.2) is 19.3 Å².